The number of rotatable bonds is 8. The Morgan fingerprint density at radius 3 is 2.50 bits per heavy atom. The Morgan fingerprint density at radius 1 is 1.35 bits per heavy atom. The molecule has 0 aliphatic carbocycles. The Morgan fingerprint density at radius 2 is 2.05 bits per heavy atom. The second-order valence-corrected chi connectivity index (χ2v) is 7.62. The van der Waals surface area contributed by atoms with E-state index in [2.05, 4.69) is 62.3 Å². The van der Waals surface area contributed by atoms with Crippen LogP contribution in [0, 0.1) is 0 Å². The normalized spacial score (nSPS) is 14.2. The molecule has 0 bridgehead atoms. The summed E-state index contributed by atoms with van der Waals surface area (Å²) in [5.41, 5.74) is 0.136. The number of nitrogens with zero attached hydrogens (tertiary/aromatic N) is 1. The Bertz CT molecular complexity index is 357. The Labute approximate surface area is 128 Å². The van der Waals surface area contributed by atoms with Crippen molar-refractivity contribution in [2.45, 2.75) is 58.8 Å². The van der Waals surface area contributed by atoms with E-state index in [1.165, 1.54) is 4.88 Å². The van der Waals surface area contributed by atoms with Gasteiger partial charge in [-0.3, -0.25) is 4.90 Å². The van der Waals surface area contributed by atoms with Gasteiger partial charge in [0.1, 0.15) is 0 Å². The summed E-state index contributed by atoms with van der Waals surface area (Å²) in [6.07, 6.45) is 0. The molecule has 0 radical (unpaired) electrons. The van der Waals surface area contributed by atoms with Crippen molar-refractivity contribution in [2.24, 2.45) is 0 Å². The van der Waals surface area contributed by atoms with Crippen LogP contribution >= 0.6 is 11.3 Å². The fourth-order valence-electron chi connectivity index (χ4n) is 2.20. The third kappa shape index (κ3) is 6.35. The number of ether oxygens (including phenoxy) is 1. The maximum Gasteiger partial charge on any atom is 0.0630 e. The van der Waals surface area contributed by atoms with Gasteiger partial charge in [0.15, 0.2) is 0 Å². The number of thiophene rings is 1. The van der Waals surface area contributed by atoms with Crippen molar-refractivity contribution in [2.75, 3.05) is 20.3 Å². The van der Waals surface area contributed by atoms with Gasteiger partial charge in [-0.15, -0.1) is 11.3 Å². The molecule has 3 nitrogen and oxygen atoms in total. The molecule has 0 aliphatic heterocycles. The van der Waals surface area contributed by atoms with Gasteiger partial charge in [-0.25, -0.2) is 0 Å². The van der Waals surface area contributed by atoms with E-state index in [4.69, 9.17) is 4.74 Å². The van der Waals surface area contributed by atoms with E-state index >= 15 is 0 Å². The second-order valence-electron chi connectivity index (χ2n) is 6.59. The first-order valence-corrected chi connectivity index (χ1v) is 8.23. The quantitative estimate of drug-likeness (QED) is 0.796. The van der Waals surface area contributed by atoms with Crippen LogP contribution < -0.4 is 5.32 Å². The van der Waals surface area contributed by atoms with Gasteiger partial charge in [-0.1, -0.05) is 6.07 Å². The Kier molecular flexibility index (Phi) is 7.17. The molecule has 0 fully saturated rings. The highest BCUT2D eigenvalue weighted by molar-refractivity contribution is 7.09. The molecule has 0 amide bonds. The van der Waals surface area contributed by atoms with Gasteiger partial charge in [-0.2, -0.15) is 0 Å². The smallest absolute Gasteiger partial charge is 0.0630 e. The van der Waals surface area contributed by atoms with Gasteiger partial charge in [0.05, 0.1) is 6.61 Å². The lowest BCUT2D eigenvalue weighted by Crippen LogP contribution is -2.51. The molecule has 1 aromatic heterocycles. The lowest BCUT2D eigenvalue weighted by atomic mass is 10.1. The zero-order valence-electron chi connectivity index (χ0n) is 13.8. The predicted octanol–water partition coefficient (Wildman–Crippen LogP) is 3.36. The molecule has 0 aliphatic rings. The molecule has 1 rings (SSSR count). The third-order valence-corrected chi connectivity index (χ3v) is 4.14. The van der Waals surface area contributed by atoms with E-state index < -0.39 is 0 Å². The van der Waals surface area contributed by atoms with E-state index in [0.29, 0.717) is 12.1 Å². The van der Waals surface area contributed by atoms with Crippen LogP contribution in [0.2, 0.25) is 0 Å². The van der Waals surface area contributed by atoms with Gasteiger partial charge >= 0.3 is 0 Å². The molecule has 1 aromatic rings. The summed E-state index contributed by atoms with van der Waals surface area (Å²) in [6, 6.07) is 5.22. The summed E-state index contributed by atoms with van der Waals surface area (Å²) in [4.78, 5) is 3.93. The summed E-state index contributed by atoms with van der Waals surface area (Å²) in [5, 5.41) is 5.75. The minimum atomic E-state index is 0.136. The zero-order valence-corrected chi connectivity index (χ0v) is 14.6. The molecule has 0 saturated heterocycles. The van der Waals surface area contributed by atoms with E-state index in [1.807, 2.05) is 11.3 Å². The van der Waals surface area contributed by atoms with Gasteiger partial charge in [0.25, 0.3) is 0 Å². The van der Waals surface area contributed by atoms with Crippen LogP contribution in [0.4, 0.5) is 0 Å². The van der Waals surface area contributed by atoms with Crippen LogP contribution in [-0.4, -0.2) is 42.8 Å². The second kappa shape index (κ2) is 8.13. The van der Waals surface area contributed by atoms with E-state index in [0.717, 1.165) is 19.7 Å². The summed E-state index contributed by atoms with van der Waals surface area (Å²) in [5.74, 6) is 0. The minimum absolute atomic E-state index is 0.136. The molecule has 1 unspecified atom stereocenters. The van der Waals surface area contributed by atoms with Crippen LogP contribution in [-0.2, 0) is 11.3 Å². The summed E-state index contributed by atoms with van der Waals surface area (Å²) < 4.78 is 5.44. The summed E-state index contributed by atoms with van der Waals surface area (Å²) in [7, 11) is 1.79. The highest BCUT2D eigenvalue weighted by atomic mass is 32.1. The minimum Gasteiger partial charge on any atom is -0.383 e. The number of nitrogens with one attached hydrogen (secondary N) is 1. The van der Waals surface area contributed by atoms with Crippen LogP contribution in [0.25, 0.3) is 0 Å². The topological polar surface area (TPSA) is 24.5 Å². The van der Waals surface area contributed by atoms with Crippen molar-refractivity contribution in [3.63, 3.8) is 0 Å². The van der Waals surface area contributed by atoms with Gasteiger partial charge in [0.2, 0.25) is 0 Å². The predicted molar refractivity (Wildman–Crippen MR) is 88.4 cm³/mol. The van der Waals surface area contributed by atoms with E-state index in [-0.39, 0.29) is 5.54 Å². The van der Waals surface area contributed by atoms with Crippen LogP contribution in [0.15, 0.2) is 17.5 Å². The maximum atomic E-state index is 5.44. The van der Waals surface area contributed by atoms with Crippen molar-refractivity contribution in [1.29, 1.82) is 0 Å². The van der Waals surface area contributed by atoms with Crippen molar-refractivity contribution in [3.8, 4) is 0 Å². The molecule has 116 valence electrons. The molecule has 0 spiro atoms. The fraction of sp³-hybridized carbons (Fsp3) is 0.750. The first-order valence-electron chi connectivity index (χ1n) is 7.35. The maximum absolute atomic E-state index is 5.44. The van der Waals surface area contributed by atoms with Crippen molar-refractivity contribution >= 4 is 11.3 Å². The highest BCUT2D eigenvalue weighted by Crippen LogP contribution is 2.17. The average Bonchev–Trinajstić information content (AvgIpc) is 2.83. The number of hydrogen-bond donors (Lipinski definition) is 1. The largest absolute Gasteiger partial charge is 0.383 e. The third-order valence-electron chi connectivity index (χ3n) is 3.28. The fourth-order valence-corrected chi connectivity index (χ4v) is 2.92. The van der Waals surface area contributed by atoms with Gasteiger partial charge in [-0.05, 0) is 46.1 Å². The molecular formula is C16H30N2OS. The summed E-state index contributed by atoms with van der Waals surface area (Å²) in [6.45, 7) is 13.8. The standard InChI is InChI=1S/C16H30N2OS/c1-13(2)18(11-15-8-7-9-20-15)14(12-19-6)10-17-16(3,4)5/h7-9,13-14,17H,10-12H2,1-6H3. The molecular weight excluding hydrogens is 268 g/mol. The Hall–Kier alpha value is -0.420. The molecule has 0 aromatic carbocycles. The van der Waals surface area contributed by atoms with E-state index in [9.17, 15) is 0 Å². The molecule has 4 heteroatoms. The molecule has 0 saturated carbocycles. The lowest BCUT2D eigenvalue weighted by Gasteiger charge is -2.36. The van der Waals surface area contributed by atoms with Crippen LogP contribution in [0.5, 0.6) is 0 Å². The van der Waals surface area contributed by atoms with Gasteiger partial charge in [0, 0.05) is 42.7 Å². The molecule has 1 N–H and O–H groups in total. The number of methoxy groups -OCH3 is 1. The molecule has 20 heavy (non-hydrogen) atoms. The van der Waals surface area contributed by atoms with Crippen molar-refractivity contribution < 1.29 is 4.74 Å². The van der Waals surface area contributed by atoms with E-state index in [1.54, 1.807) is 7.11 Å². The average molecular weight is 298 g/mol. The molecule has 1 heterocycles. The number of hydrogen-bond acceptors (Lipinski definition) is 4. The SMILES string of the molecule is COCC(CNC(C)(C)C)N(Cc1cccs1)C(C)C. The lowest BCUT2D eigenvalue weighted by molar-refractivity contribution is 0.0612. The highest BCUT2D eigenvalue weighted by Gasteiger charge is 2.23. The van der Waals surface area contributed by atoms with Crippen LogP contribution in [0.1, 0.15) is 39.5 Å². The first kappa shape index (κ1) is 17.6. The van der Waals surface area contributed by atoms with Crippen molar-refractivity contribution in [1.82, 2.24) is 10.2 Å². The van der Waals surface area contributed by atoms with Gasteiger partial charge < -0.3 is 10.1 Å². The first-order chi connectivity index (χ1) is 9.33. The molecule has 1 atom stereocenters. The Balaban J connectivity index is 2.71. The van der Waals surface area contributed by atoms with Crippen molar-refractivity contribution in [3.05, 3.63) is 22.4 Å². The van der Waals surface area contributed by atoms with Crippen LogP contribution in [0.3, 0.4) is 0 Å². The zero-order chi connectivity index (χ0) is 15.2. The summed E-state index contributed by atoms with van der Waals surface area (Å²) >= 11 is 1.82. The monoisotopic (exact) mass is 298 g/mol.